The number of aliphatic carboxylic acids is 1. The van der Waals surface area contributed by atoms with Crippen LogP contribution in [0, 0.1) is 5.92 Å². The van der Waals surface area contributed by atoms with E-state index >= 15 is 0 Å². The lowest BCUT2D eigenvalue weighted by Crippen LogP contribution is -2.43. The molecule has 1 aliphatic heterocycles. The lowest BCUT2D eigenvalue weighted by atomic mass is 9.96. The minimum atomic E-state index is -0.814. The number of hydrogen-bond donors (Lipinski definition) is 3. The molecule has 0 aromatic heterocycles. The summed E-state index contributed by atoms with van der Waals surface area (Å²) >= 11 is 0. The summed E-state index contributed by atoms with van der Waals surface area (Å²) in [6.07, 6.45) is 9.30. The Morgan fingerprint density at radius 1 is 1.04 bits per heavy atom. The van der Waals surface area contributed by atoms with Crippen molar-refractivity contribution in [1.82, 2.24) is 15.5 Å². The molecule has 0 radical (unpaired) electrons. The molecule has 0 bridgehead atoms. The van der Waals surface area contributed by atoms with Gasteiger partial charge in [-0.2, -0.15) is 0 Å². The molecule has 1 saturated heterocycles. The number of carboxylic acid groups (broad SMARTS) is 1. The van der Waals surface area contributed by atoms with Crippen molar-refractivity contribution in [3.8, 4) is 0 Å². The first-order valence-corrected chi connectivity index (χ1v) is 10.1. The van der Waals surface area contributed by atoms with Crippen LogP contribution < -0.4 is 10.6 Å². The molecule has 2 rings (SSSR count). The van der Waals surface area contributed by atoms with Crippen molar-refractivity contribution in [2.24, 2.45) is 5.92 Å². The predicted octanol–water partition coefficient (Wildman–Crippen LogP) is 2.50. The van der Waals surface area contributed by atoms with Gasteiger partial charge in [0.15, 0.2) is 0 Å². The van der Waals surface area contributed by atoms with Crippen LogP contribution in [0.4, 0.5) is 4.79 Å². The molecule has 7 nitrogen and oxygen atoms in total. The molecule has 148 valence electrons. The largest absolute Gasteiger partial charge is 0.481 e. The Bertz CT molecular complexity index is 491. The second kappa shape index (κ2) is 10.4. The van der Waals surface area contributed by atoms with Crippen LogP contribution in [-0.4, -0.2) is 53.1 Å². The van der Waals surface area contributed by atoms with Crippen molar-refractivity contribution in [2.45, 2.75) is 83.2 Å². The molecule has 0 aromatic carbocycles. The average molecular weight is 367 g/mol. The van der Waals surface area contributed by atoms with Crippen LogP contribution in [0.15, 0.2) is 0 Å². The first-order valence-electron chi connectivity index (χ1n) is 10.1. The summed E-state index contributed by atoms with van der Waals surface area (Å²) in [7, 11) is 0. The normalized spacial score (nSPS) is 23.7. The average Bonchev–Trinajstić information content (AvgIpc) is 3.00. The number of nitrogens with zero attached hydrogens (tertiary/aromatic N) is 1. The number of carboxylic acids is 1. The van der Waals surface area contributed by atoms with Gasteiger partial charge in [0, 0.05) is 31.6 Å². The molecule has 0 aromatic rings. The standard InChI is InChI=1S/C19H33N3O4/c1-14-16(18(24)25)11-13-22(14)17(23)10-6-3-7-12-20-19(26)21-15-8-4-2-5-9-15/h14-16H,2-13H2,1H3,(H,24,25)(H2,20,21,26). The van der Waals surface area contributed by atoms with Gasteiger partial charge in [0.05, 0.1) is 5.92 Å². The summed E-state index contributed by atoms with van der Waals surface area (Å²) in [6, 6.07) is 0.0159. The van der Waals surface area contributed by atoms with Crippen LogP contribution in [0.1, 0.15) is 71.1 Å². The van der Waals surface area contributed by atoms with Gasteiger partial charge in [-0.1, -0.05) is 25.7 Å². The van der Waals surface area contributed by atoms with E-state index < -0.39 is 11.9 Å². The summed E-state index contributed by atoms with van der Waals surface area (Å²) in [5.41, 5.74) is 0. The highest BCUT2D eigenvalue weighted by Gasteiger charge is 2.37. The predicted molar refractivity (Wildman–Crippen MR) is 98.8 cm³/mol. The van der Waals surface area contributed by atoms with E-state index in [1.807, 2.05) is 6.92 Å². The maximum absolute atomic E-state index is 12.2. The van der Waals surface area contributed by atoms with Crippen LogP contribution in [0.3, 0.4) is 0 Å². The number of nitrogens with one attached hydrogen (secondary N) is 2. The minimum absolute atomic E-state index is 0.0456. The molecule has 2 atom stereocenters. The molecule has 26 heavy (non-hydrogen) atoms. The zero-order chi connectivity index (χ0) is 18.9. The fraction of sp³-hybridized carbons (Fsp3) is 0.842. The number of likely N-dealkylation sites (tertiary alicyclic amines) is 1. The number of amides is 3. The van der Waals surface area contributed by atoms with Crippen molar-refractivity contribution < 1.29 is 19.5 Å². The van der Waals surface area contributed by atoms with Gasteiger partial charge in [0.2, 0.25) is 5.91 Å². The third-order valence-corrected chi connectivity index (χ3v) is 5.69. The zero-order valence-corrected chi connectivity index (χ0v) is 15.8. The Balaban J connectivity index is 1.51. The van der Waals surface area contributed by atoms with E-state index in [1.165, 1.54) is 19.3 Å². The maximum Gasteiger partial charge on any atom is 0.315 e. The third-order valence-electron chi connectivity index (χ3n) is 5.69. The van der Waals surface area contributed by atoms with Gasteiger partial charge >= 0.3 is 12.0 Å². The summed E-state index contributed by atoms with van der Waals surface area (Å²) < 4.78 is 0. The highest BCUT2D eigenvalue weighted by atomic mass is 16.4. The number of urea groups is 1. The second-order valence-electron chi connectivity index (χ2n) is 7.61. The van der Waals surface area contributed by atoms with E-state index in [9.17, 15) is 14.4 Å². The first kappa shape index (κ1) is 20.5. The van der Waals surface area contributed by atoms with Crippen LogP contribution in [0.5, 0.6) is 0 Å². The van der Waals surface area contributed by atoms with Crippen molar-refractivity contribution in [3.05, 3.63) is 0 Å². The molecular weight excluding hydrogens is 334 g/mol. The summed E-state index contributed by atoms with van der Waals surface area (Å²) in [5.74, 6) is -1.21. The van der Waals surface area contributed by atoms with Crippen molar-refractivity contribution >= 4 is 17.9 Å². The molecule has 1 heterocycles. The number of carbonyl (C=O) groups excluding carboxylic acids is 2. The minimum Gasteiger partial charge on any atom is -0.481 e. The summed E-state index contributed by atoms with van der Waals surface area (Å²) in [4.78, 5) is 36.9. The lowest BCUT2D eigenvalue weighted by molar-refractivity contribution is -0.143. The second-order valence-corrected chi connectivity index (χ2v) is 7.61. The molecular formula is C19H33N3O4. The lowest BCUT2D eigenvalue weighted by Gasteiger charge is -2.23. The molecule has 2 unspecified atom stereocenters. The Morgan fingerprint density at radius 2 is 1.77 bits per heavy atom. The van der Waals surface area contributed by atoms with Crippen molar-refractivity contribution in [2.75, 3.05) is 13.1 Å². The van der Waals surface area contributed by atoms with E-state index in [1.54, 1.807) is 4.90 Å². The quantitative estimate of drug-likeness (QED) is 0.574. The van der Waals surface area contributed by atoms with Crippen LogP contribution in [-0.2, 0) is 9.59 Å². The van der Waals surface area contributed by atoms with E-state index in [-0.39, 0.29) is 18.0 Å². The van der Waals surface area contributed by atoms with E-state index in [0.29, 0.717) is 32.0 Å². The third kappa shape index (κ3) is 6.18. The smallest absolute Gasteiger partial charge is 0.315 e. The Kier molecular flexibility index (Phi) is 8.19. The zero-order valence-electron chi connectivity index (χ0n) is 15.8. The van der Waals surface area contributed by atoms with Crippen LogP contribution in [0.2, 0.25) is 0 Å². The fourth-order valence-corrected chi connectivity index (χ4v) is 4.03. The van der Waals surface area contributed by atoms with Gasteiger partial charge in [-0.05, 0) is 39.0 Å². The summed E-state index contributed by atoms with van der Waals surface area (Å²) in [5, 5.41) is 15.0. The maximum atomic E-state index is 12.2. The van der Waals surface area contributed by atoms with Gasteiger partial charge in [0.1, 0.15) is 0 Å². The van der Waals surface area contributed by atoms with E-state index in [0.717, 1.165) is 32.1 Å². The van der Waals surface area contributed by atoms with Crippen molar-refractivity contribution in [1.29, 1.82) is 0 Å². The molecule has 1 saturated carbocycles. The van der Waals surface area contributed by atoms with E-state index in [2.05, 4.69) is 10.6 Å². The topological polar surface area (TPSA) is 98.7 Å². The SMILES string of the molecule is CC1C(C(=O)O)CCN1C(=O)CCCCCNC(=O)NC1CCCCC1. The number of carbonyl (C=O) groups is 3. The van der Waals surface area contributed by atoms with Gasteiger partial charge < -0.3 is 20.6 Å². The number of rotatable bonds is 8. The van der Waals surface area contributed by atoms with Crippen LogP contribution >= 0.6 is 0 Å². The molecule has 7 heteroatoms. The Hall–Kier alpha value is -1.79. The van der Waals surface area contributed by atoms with Crippen LogP contribution in [0.25, 0.3) is 0 Å². The first-order chi connectivity index (χ1) is 12.5. The van der Waals surface area contributed by atoms with Gasteiger partial charge in [0.25, 0.3) is 0 Å². The fourth-order valence-electron chi connectivity index (χ4n) is 4.03. The molecule has 3 N–H and O–H groups in total. The number of unbranched alkanes of at least 4 members (excludes halogenated alkanes) is 2. The van der Waals surface area contributed by atoms with Gasteiger partial charge in [-0.15, -0.1) is 0 Å². The molecule has 2 fully saturated rings. The Labute approximate surface area is 155 Å². The molecule has 1 aliphatic carbocycles. The molecule has 0 spiro atoms. The van der Waals surface area contributed by atoms with Gasteiger partial charge in [-0.3, -0.25) is 9.59 Å². The van der Waals surface area contributed by atoms with Gasteiger partial charge in [-0.25, -0.2) is 4.79 Å². The van der Waals surface area contributed by atoms with E-state index in [4.69, 9.17) is 5.11 Å². The molecule has 3 amide bonds. The monoisotopic (exact) mass is 367 g/mol. The van der Waals surface area contributed by atoms with Crippen molar-refractivity contribution in [3.63, 3.8) is 0 Å². The molecule has 2 aliphatic rings. The highest BCUT2D eigenvalue weighted by molar-refractivity contribution is 5.79. The highest BCUT2D eigenvalue weighted by Crippen LogP contribution is 2.25. The Morgan fingerprint density at radius 3 is 2.42 bits per heavy atom. The summed E-state index contributed by atoms with van der Waals surface area (Å²) in [6.45, 7) is 2.98. The number of hydrogen-bond acceptors (Lipinski definition) is 3.